The van der Waals surface area contributed by atoms with Gasteiger partial charge in [0.25, 0.3) is 0 Å². The summed E-state index contributed by atoms with van der Waals surface area (Å²) in [7, 11) is 2.04. The first-order valence-corrected chi connectivity index (χ1v) is 7.68. The lowest BCUT2D eigenvalue weighted by Gasteiger charge is -2.23. The van der Waals surface area contributed by atoms with E-state index < -0.39 is 0 Å². The lowest BCUT2D eigenvalue weighted by Crippen LogP contribution is -2.35. The Morgan fingerprint density at radius 2 is 2.05 bits per heavy atom. The second kappa shape index (κ2) is 4.86. The molecular weight excluding hydrogens is 248 g/mol. The van der Waals surface area contributed by atoms with Crippen LogP contribution >= 0.6 is 0 Å². The quantitative estimate of drug-likeness (QED) is 0.905. The summed E-state index contributed by atoms with van der Waals surface area (Å²) in [5.41, 5.74) is 2.46. The Labute approximate surface area is 119 Å². The van der Waals surface area contributed by atoms with Crippen LogP contribution in [0.15, 0.2) is 24.3 Å². The van der Waals surface area contributed by atoms with Crippen molar-refractivity contribution in [3.05, 3.63) is 30.0 Å². The van der Waals surface area contributed by atoms with Crippen LogP contribution in [-0.4, -0.2) is 39.9 Å². The SMILES string of the molecule is Cn1nc(CN2CCC3CCC(C2)N3)c2ccccc21. The number of nitrogens with zero attached hydrogens (tertiary/aromatic N) is 3. The monoisotopic (exact) mass is 270 g/mol. The maximum atomic E-state index is 4.73. The minimum atomic E-state index is 0.692. The summed E-state index contributed by atoms with van der Waals surface area (Å²) in [5, 5.41) is 9.78. The van der Waals surface area contributed by atoms with Gasteiger partial charge in [-0.15, -0.1) is 0 Å². The molecule has 2 bridgehead atoms. The molecule has 0 amide bonds. The summed E-state index contributed by atoms with van der Waals surface area (Å²) < 4.78 is 2.01. The van der Waals surface area contributed by atoms with E-state index in [2.05, 4.69) is 34.5 Å². The fraction of sp³-hybridized carbons (Fsp3) is 0.562. The zero-order valence-electron chi connectivity index (χ0n) is 12.0. The first kappa shape index (κ1) is 12.4. The molecule has 4 rings (SSSR count). The second-order valence-electron chi connectivity index (χ2n) is 6.25. The molecule has 0 aliphatic carbocycles. The number of hydrogen-bond acceptors (Lipinski definition) is 3. The van der Waals surface area contributed by atoms with Crippen molar-refractivity contribution in [1.82, 2.24) is 20.0 Å². The highest BCUT2D eigenvalue weighted by molar-refractivity contribution is 5.81. The maximum Gasteiger partial charge on any atom is 0.0843 e. The molecular formula is C16H22N4. The molecule has 1 N–H and O–H groups in total. The Hall–Kier alpha value is -1.39. The van der Waals surface area contributed by atoms with E-state index in [4.69, 9.17) is 5.10 Å². The molecule has 2 aromatic rings. The number of aryl methyl sites for hydroxylation is 1. The van der Waals surface area contributed by atoms with Crippen LogP contribution in [0.4, 0.5) is 0 Å². The van der Waals surface area contributed by atoms with Gasteiger partial charge in [0.15, 0.2) is 0 Å². The topological polar surface area (TPSA) is 33.1 Å². The Kier molecular flexibility index (Phi) is 3.00. The van der Waals surface area contributed by atoms with Gasteiger partial charge in [0.1, 0.15) is 0 Å². The molecule has 2 unspecified atom stereocenters. The smallest absolute Gasteiger partial charge is 0.0843 e. The second-order valence-corrected chi connectivity index (χ2v) is 6.25. The standard InChI is InChI=1S/C16H22N4/c1-19-16-5-3-2-4-14(16)15(18-19)11-20-9-8-12-6-7-13(10-20)17-12/h2-5,12-13,17H,6-11H2,1H3. The van der Waals surface area contributed by atoms with Gasteiger partial charge in [0, 0.05) is 44.2 Å². The van der Waals surface area contributed by atoms with Gasteiger partial charge in [-0.3, -0.25) is 9.58 Å². The number of nitrogens with one attached hydrogen (secondary N) is 1. The number of para-hydroxylation sites is 1. The molecule has 1 aromatic heterocycles. The van der Waals surface area contributed by atoms with Gasteiger partial charge in [-0.1, -0.05) is 18.2 Å². The highest BCUT2D eigenvalue weighted by Crippen LogP contribution is 2.23. The third-order valence-corrected chi connectivity index (χ3v) is 4.82. The predicted molar refractivity (Wildman–Crippen MR) is 80.6 cm³/mol. The van der Waals surface area contributed by atoms with Crippen LogP contribution in [0.2, 0.25) is 0 Å². The Balaban J connectivity index is 1.58. The van der Waals surface area contributed by atoms with Crippen molar-refractivity contribution in [2.24, 2.45) is 7.05 Å². The largest absolute Gasteiger partial charge is 0.310 e. The minimum Gasteiger partial charge on any atom is -0.310 e. The van der Waals surface area contributed by atoms with Crippen LogP contribution in [-0.2, 0) is 13.6 Å². The zero-order valence-corrected chi connectivity index (χ0v) is 12.0. The zero-order chi connectivity index (χ0) is 13.5. The van der Waals surface area contributed by atoms with Crippen molar-refractivity contribution >= 4 is 10.9 Å². The normalized spacial score (nSPS) is 27.1. The summed E-state index contributed by atoms with van der Waals surface area (Å²) >= 11 is 0. The molecule has 20 heavy (non-hydrogen) atoms. The third-order valence-electron chi connectivity index (χ3n) is 4.82. The van der Waals surface area contributed by atoms with Crippen molar-refractivity contribution in [2.45, 2.75) is 37.9 Å². The van der Waals surface area contributed by atoms with Crippen molar-refractivity contribution in [2.75, 3.05) is 13.1 Å². The van der Waals surface area contributed by atoms with E-state index in [-0.39, 0.29) is 0 Å². The van der Waals surface area contributed by atoms with Gasteiger partial charge >= 0.3 is 0 Å². The third kappa shape index (κ3) is 2.13. The maximum absolute atomic E-state index is 4.73. The molecule has 2 fully saturated rings. The highest BCUT2D eigenvalue weighted by atomic mass is 15.3. The molecule has 2 saturated heterocycles. The van der Waals surface area contributed by atoms with Crippen LogP contribution in [0, 0.1) is 0 Å². The van der Waals surface area contributed by atoms with E-state index in [0.717, 1.165) is 12.6 Å². The number of fused-ring (bicyclic) bond motifs is 3. The molecule has 3 heterocycles. The molecule has 2 atom stereocenters. The number of hydrogen-bond donors (Lipinski definition) is 1. The molecule has 0 radical (unpaired) electrons. The van der Waals surface area contributed by atoms with E-state index in [1.165, 1.54) is 48.9 Å². The van der Waals surface area contributed by atoms with Gasteiger partial charge < -0.3 is 5.32 Å². The van der Waals surface area contributed by atoms with E-state index in [1.807, 2.05) is 11.7 Å². The summed E-state index contributed by atoms with van der Waals surface area (Å²) in [6, 6.07) is 9.99. The summed E-state index contributed by atoms with van der Waals surface area (Å²) in [4.78, 5) is 2.58. The van der Waals surface area contributed by atoms with Crippen LogP contribution in [0.1, 0.15) is 25.0 Å². The average Bonchev–Trinajstić information content (AvgIpc) is 2.95. The molecule has 0 saturated carbocycles. The number of rotatable bonds is 2. The Morgan fingerprint density at radius 1 is 1.20 bits per heavy atom. The van der Waals surface area contributed by atoms with Crippen LogP contribution in [0.3, 0.4) is 0 Å². The van der Waals surface area contributed by atoms with Gasteiger partial charge in [-0.25, -0.2) is 0 Å². The summed E-state index contributed by atoms with van der Waals surface area (Å²) in [6.07, 6.45) is 3.98. The first-order valence-electron chi connectivity index (χ1n) is 7.68. The minimum absolute atomic E-state index is 0.692. The van der Waals surface area contributed by atoms with Gasteiger partial charge in [0.2, 0.25) is 0 Å². The van der Waals surface area contributed by atoms with Crippen molar-refractivity contribution in [1.29, 1.82) is 0 Å². The Bertz CT molecular complexity index is 618. The lowest BCUT2D eigenvalue weighted by molar-refractivity contribution is 0.248. The number of aromatic nitrogens is 2. The Morgan fingerprint density at radius 3 is 3.00 bits per heavy atom. The molecule has 106 valence electrons. The first-order chi connectivity index (χ1) is 9.79. The molecule has 4 nitrogen and oxygen atoms in total. The van der Waals surface area contributed by atoms with Crippen molar-refractivity contribution in [3.8, 4) is 0 Å². The fourth-order valence-corrected chi connectivity index (χ4v) is 3.78. The van der Waals surface area contributed by atoms with Gasteiger partial charge in [-0.2, -0.15) is 5.10 Å². The van der Waals surface area contributed by atoms with Crippen LogP contribution < -0.4 is 5.32 Å². The highest BCUT2D eigenvalue weighted by Gasteiger charge is 2.29. The van der Waals surface area contributed by atoms with Crippen LogP contribution in [0.5, 0.6) is 0 Å². The molecule has 2 aliphatic rings. The lowest BCUT2D eigenvalue weighted by atomic mass is 10.1. The van der Waals surface area contributed by atoms with E-state index in [9.17, 15) is 0 Å². The van der Waals surface area contributed by atoms with E-state index in [0.29, 0.717) is 6.04 Å². The average molecular weight is 270 g/mol. The molecule has 4 heteroatoms. The number of benzene rings is 1. The van der Waals surface area contributed by atoms with Crippen molar-refractivity contribution < 1.29 is 0 Å². The number of likely N-dealkylation sites (tertiary alicyclic amines) is 1. The molecule has 0 spiro atoms. The van der Waals surface area contributed by atoms with Crippen LogP contribution in [0.25, 0.3) is 10.9 Å². The predicted octanol–water partition coefficient (Wildman–Crippen LogP) is 1.90. The van der Waals surface area contributed by atoms with Crippen molar-refractivity contribution in [3.63, 3.8) is 0 Å². The molecule has 1 aromatic carbocycles. The van der Waals surface area contributed by atoms with E-state index in [1.54, 1.807) is 0 Å². The van der Waals surface area contributed by atoms with E-state index >= 15 is 0 Å². The fourth-order valence-electron chi connectivity index (χ4n) is 3.78. The summed E-state index contributed by atoms with van der Waals surface area (Å²) in [5.74, 6) is 0. The molecule has 2 aliphatic heterocycles. The van der Waals surface area contributed by atoms with Gasteiger partial charge in [0.05, 0.1) is 11.2 Å². The summed E-state index contributed by atoms with van der Waals surface area (Å²) in [6.45, 7) is 3.34. The van der Waals surface area contributed by atoms with Gasteiger partial charge in [-0.05, 0) is 25.3 Å².